The number of amides is 3. The van der Waals surface area contributed by atoms with Crippen LogP contribution in [0.25, 0.3) is 0 Å². The first-order chi connectivity index (χ1) is 15.1. The Morgan fingerprint density at radius 2 is 1.50 bits per heavy atom. The molecule has 2 aromatic rings. The minimum absolute atomic E-state index is 0.0285. The Morgan fingerprint density at radius 3 is 2.06 bits per heavy atom. The second kappa shape index (κ2) is 12.0. The summed E-state index contributed by atoms with van der Waals surface area (Å²) < 4.78 is 20.7. The highest BCUT2D eigenvalue weighted by Crippen LogP contribution is 2.34. The molecule has 2 rings (SSSR count). The van der Waals surface area contributed by atoms with E-state index < -0.39 is 37.6 Å². The van der Waals surface area contributed by atoms with Crippen LogP contribution in [0, 0.1) is 0 Å². The van der Waals surface area contributed by atoms with Crippen molar-refractivity contribution in [2.24, 2.45) is 0 Å². The number of carbonyl (C=O) groups excluding carboxylic acids is 3. The Bertz CT molecular complexity index is 950. The lowest BCUT2D eigenvalue weighted by molar-refractivity contribution is -0.133. The molecule has 0 heterocycles. The normalized spacial score (nSPS) is 14.3. The molecular weight excluding hydrogens is 437 g/mol. The van der Waals surface area contributed by atoms with Gasteiger partial charge in [0.15, 0.2) is 0 Å². The number of carbonyl (C=O) groups is 3. The molecular formula is C21H26N3O7P. The third kappa shape index (κ3) is 9.30. The van der Waals surface area contributed by atoms with Gasteiger partial charge < -0.3 is 20.3 Å². The predicted molar refractivity (Wildman–Crippen MR) is 116 cm³/mol. The number of hydrogen-bond acceptors (Lipinski definition) is 6. The van der Waals surface area contributed by atoms with Crippen molar-refractivity contribution in [1.82, 2.24) is 16.1 Å². The van der Waals surface area contributed by atoms with Gasteiger partial charge in [0.1, 0.15) is 18.7 Å². The summed E-state index contributed by atoms with van der Waals surface area (Å²) in [6, 6.07) is 15.9. The first-order valence-electron chi connectivity index (χ1n) is 9.74. The summed E-state index contributed by atoms with van der Waals surface area (Å²) in [6.45, 7) is 2.29. The molecule has 3 amide bonds. The monoisotopic (exact) mass is 463 g/mol. The van der Waals surface area contributed by atoms with Gasteiger partial charge in [0.25, 0.3) is 5.91 Å². The molecule has 0 saturated carbocycles. The van der Waals surface area contributed by atoms with Crippen LogP contribution in [-0.4, -0.2) is 41.5 Å². The van der Waals surface area contributed by atoms with Crippen molar-refractivity contribution < 1.29 is 33.2 Å². The zero-order chi connectivity index (χ0) is 23.6. The summed E-state index contributed by atoms with van der Waals surface area (Å²) in [4.78, 5) is 46.1. The molecule has 0 radical (unpaired) electrons. The van der Waals surface area contributed by atoms with Gasteiger partial charge in [-0.25, -0.2) is 10.3 Å². The highest BCUT2D eigenvalue weighted by molar-refractivity contribution is 7.51. The van der Waals surface area contributed by atoms with Crippen LogP contribution in [-0.2, 0) is 36.5 Å². The van der Waals surface area contributed by atoms with Crippen LogP contribution >= 0.6 is 7.60 Å². The fourth-order valence-electron chi connectivity index (χ4n) is 2.56. The zero-order valence-electron chi connectivity index (χ0n) is 17.7. The van der Waals surface area contributed by atoms with Gasteiger partial charge >= 0.3 is 13.7 Å². The number of rotatable bonds is 10. The molecule has 4 N–H and O–H groups in total. The third-order valence-corrected chi connectivity index (χ3v) is 4.60. The van der Waals surface area contributed by atoms with E-state index in [4.69, 9.17) is 9.63 Å². The first kappa shape index (κ1) is 25.1. The first-order valence-corrected chi connectivity index (χ1v) is 11.8. The molecule has 0 bridgehead atoms. The van der Waals surface area contributed by atoms with Gasteiger partial charge in [0, 0.05) is 13.1 Å². The fraction of sp³-hybridized carbons (Fsp3) is 0.286. The molecule has 10 nitrogen and oxygen atoms in total. The van der Waals surface area contributed by atoms with Crippen molar-refractivity contribution in [3.05, 3.63) is 71.8 Å². The summed E-state index contributed by atoms with van der Waals surface area (Å²) in [5, 5.41) is 4.96. The number of nitrogens with one attached hydrogen (secondary N) is 3. The number of hydroxylamine groups is 1. The quantitative estimate of drug-likeness (QED) is 0.311. The summed E-state index contributed by atoms with van der Waals surface area (Å²) in [6.07, 6.45) is -0.642. The lowest BCUT2D eigenvalue weighted by atomic mass is 10.1. The molecule has 172 valence electrons. The number of hydrogen-bond donors (Lipinski definition) is 4. The maximum atomic E-state index is 12.8. The van der Waals surface area contributed by atoms with Crippen LogP contribution in [0.5, 0.6) is 0 Å². The van der Waals surface area contributed by atoms with Gasteiger partial charge in [-0.2, -0.15) is 4.62 Å². The summed E-state index contributed by atoms with van der Waals surface area (Å²) in [7, 11) is -3.93. The smallest absolute Gasteiger partial charge is 0.408 e. The molecule has 1 unspecified atom stereocenters. The van der Waals surface area contributed by atoms with Crippen molar-refractivity contribution >= 4 is 25.5 Å². The number of alkyl carbamates (subject to hydrolysis) is 1. The van der Waals surface area contributed by atoms with E-state index >= 15 is 0 Å². The van der Waals surface area contributed by atoms with Gasteiger partial charge in [0.2, 0.25) is 5.91 Å². The molecule has 3 atom stereocenters. The lowest BCUT2D eigenvalue weighted by Crippen LogP contribution is -2.53. The molecule has 0 aromatic heterocycles. The Morgan fingerprint density at radius 1 is 0.938 bits per heavy atom. The van der Waals surface area contributed by atoms with Gasteiger partial charge in [0.05, 0.1) is 0 Å². The van der Waals surface area contributed by atoms with E-state index in [-0.39, 0.29) is 13.0 Å². The van der Waals surface area contributed by atoms with E-state index in [1.807, 2.05) is 29.7 Å². The third-order valence-electron chi connectivity index (χ3n) is 4.17. The molecule has 0 aliphatic heterocycles. The van der Waals surface area contributed by atoms with Crippen LogP contribution < -0.4 is 16.1 Å². The molecule has 11 heteroatoms. The summed E-state index contributed by atoms with van der Waals surface area (Å²) in [5.74, 6) is -1.48. The fourth-order valence-corrected chi connectivity index (χ4v) is 2.82. The van der Waals surface area contributed by atoms with Crippen LogP contribution in [0.1, 0.15) is 18.1 Å². The molecule has 0 fully saturated rings. The maximum absolute atomic E-state index is 12.8. The summed E-state index contributed by atoms with van der Waals surface area (Å²) >= 11 is 0. The van der Waals surface area contributed by atoms with E-state index in [9.17, 15) is 18.9 Å². The van der Waals surface area contributed by atoms with E-state index in [0.717, 1.165) is 17.8 Å². The van der Waals surface area contributed by atoms with Crippen LogP contribution in [0.4, 0.5) is 4.79 Å². The highest BCUT2D eigenvalue weighted by atomic mass is 31.2. The van der Waals surface area contributed by atoms with Crippen molar-refractivity contribution in [2.45, 2.75) is 32.0 Å². The van der Waals surface area contributed by atoms with Gasteiger partial charge in [-0.05, 0) is 18.1 Å². The second-order valence-corrected chi connectivity index (χ2v) is 8.83. The van der Waals surface area contributed by atoms with E-state index in [1.165, 1.54) is 6.92 Å². The van der Waals surface area contributed by atoms with Crippen LogP contribution in [0.15, 0.2) is 60.7 Å². The van der Waals surface area contributed by atoms with Crippen molar-refractivity contribution in [1.29, 1.82) is 0 Å². The SMILES string of the molecule is C[C@H](NC(=O)[C@H](Cc1ccccc1)NC(=O)OCc1ccccc1)C(=O)NOP(C)(=O)O. The second-order valence-electron chi connectivity index (χ2n) is 7.04. The van der Waals surface area contributed by atoms with Crippen LogP contribution in [0.2, 0.25) is 0 Å². The predicted octanol–water partition coefficient (Wildman–Crippen LogP) is 1.89. The van der Waals surface area contributed by atoms with Crippen LogP contribution in [0.3, 0.4) is 0 Å². The standard InChI is InChI=1S/C21H26N3O7P/c1-15(19(25)24-31-32(2,28)29)22-20(26)18(13-16-9-5-3-6-10-16)23-21(27)30-14-17-11-7-4-8-12-17/h3-12,15,18H,13-14H2,1-2H3,(H,22,26)(H,23,27)(H,24,25)(H,28,29)/t15-,18-/m0/s1. The van der Waals surface area contributed by atoms with E-state index in [2.05, 4.69) is 15.3 Å². The Kier molecular flexibility index (Phi) is 9.39. The minimum atomic E-state index is -3.93. The summed E-state index contributed by atoms with van der Waals surface area (Å²) in [5.41, 5.74) is 3.38. The number of ether oxygens (including phenoxy) is 1. The molecule has 0 aliphatic rings. The number of benzene rings is 2. The minimum Gasteiger partial charge on any atom is -0.445 e. The van der Waals surface area contributed by atoms with E-state index in [0.29, 0.717) is 0 Å². The maximum Gasteiger partial charge on any atom is 0.408 e. The lowest BCUT2D eigenvalue weighted by Gasteiger charge is -2.21. The van der Waals surface area contributed by atoms with Crippen molar-refractivity contribution in [2.75, 3.05) is 6.66 Å². The Hall–Kier alpha value is -3.20. The van der Waals surface area contributed by atoms with Gasteiger partial charge in [-0.15, -0.1) is 0 Å². The molecule has 0 saturated heterocycles. The van der Waals surface area contributed by atoms with Gasteiger partial charge in [-0.1, -0.05) is 60.7 Å². The van der Waals surface area contributed by atoms with Gasteiger partial charge in [-0.3, -0.25) is 14.2 Å². The average molecular weight is 463 g/mol. The van der Waals surface area contributed by atoms with E-state index in [1.54, 1.807) is 36.4 Å². The Labute approximate surface area is 185 Å². The molecule has 0 aliphatic carbocycles. The molecule has 32 heavy (non-hydrogen) atoms. The van der Waals surface area contributed by atoms with Crippen molar-refractivity contribution in [3.63, 3.8) is 0 Å². The Balaban J connectivity index is 2.00. The largest absolute Gasteiger partial charge is 0.445 e. The molecule has 2 aromatic carbocycles. The average Bonchev–Trinajstić information content (AvgIpc) is 2.76. The zero-order valence-corrected chi connectivity index (χ0v) is 18.6. The molecule has 0 spiro atoms. The van der Waals surface area contributed by atoms with Crippen molar-refractivity contribution in [3.8, 4) is 0 Å². The highest BCUT2D eigenvalue weighted by Gasteiger charge is 2.26. The topological polar surface area (TPSA) is 143 Å².